The Balaban J connectivity index is 2.32. The van der Waals surface area contributed by atoms with Gasteiger partial charge in [0, 0.05) is 31.0 Å². The molecule has 0 fully saturated rings. The Hall–Kier alpha value is -1.22. The van der Waals surface area contributed by atoms with E-state index in [1.807, 2.05) is 42.1 Å². The normalized spacial score (nSPS) is 20.7. The van der Waals surface area contributed by atoms with Crippen LogP contribution >= 0.6 is 11.8 Å². The summed E-state index contributed by atoms with van der Waals surface area (Å²) in [5.41, 5.74) is 2.36. The molecule has 1 aliphatic heterocycles. The first-order valence-corrected chi connectivity index (χ1v) is 6.99. The molecular weight excluding hydrogens is 240 g/mol. The molecule has 96 valence electrons. The van der Waals surface area contributed by atoms with E-state index in [-0.39, 0.29) is 4.75 Å². The van der Waals surface area contributed by atoms with Crippen molar-refractivity contribution in [1.82, 2.24) is 4.90 Å². The molecule has 0 bridgehead atoms. The molecule has 1 aromatic carbocycles. The first kappa shape index (κ1) is 13.2. The van der Waals surface area contributed by atoms with Crippen molar-refractivity contribution in [1.29, 1.82) is 0 Å². The average molecular weight is 260 g/mol. The smallest absolute Gasteiger partial charge is 0.0989 e. The Bertz CT molecular complexity index is 473. The van der Waals surface area contributed by atoms with Gasteiger partial charge in [-0.1, -0.05) is 30.0 Å². The van der Waals surface area contributed by atoms with E-state index in [0.29, 0.717) is 0 Å². The minimum atomic E-state index is 0.210. The Labute approximate surface area is 114 Å². The molecule has 1 aliphatic rings. The van der Waals surface area contributed by atoms with E-state index in [1.54, 1.807) is 0 Å². The first-order chi connectivity index (χ1) is 8.46. The number of hydrogen-bond acceptors (Lipinski definition) is 3. The maximum atomic E-state index is 4.72. The van der Waals surface area contributed by atoms with Gasteiger partial charge in [0.05, 0.1) is 10.7 Å². The largest absolute Gasteiger partial charge is 0.381 e. The lowest BCUT2D eigenvalue weighted by molar-refractivity contribution is 0.465. The fraction of sp³-hybridized carbons (Fsp3) is 0.400. The predicted molar refractivity (Wildman–Crippen MR) is 81.6 cm³/mol. The fourth-order valence-corrected chi connectivity index (χ4v) is 3.08. The van der Waals surface area contributed by atoms with Crippen LogP contribution in [-0.2, 0) is 0 Å². The van der Waals surface area contributed by atoms with Crippen LogP contribution < -0.4 is 0 Å². The topological polar surface area (TPSA) is 15.6 Å². The lowest BCUT2D eigenvalue weighted by atomic mass is 10.1. The van der Waals surface area contributed by atoms with E-state index in [0.717, 1.165) is 17.2 Å². The van der Waals surface area contributed by atoms with E-state index in [1.165, 1.54) is 5.70 Å². The summed E-state index contributed by atoms with van der Waals surface area (Å²) in [5, 5.41) is 1.10. The zero-order chi connectivity index (χ0) is 13.2. The molecule has 0 unspecified atom stereocenters. The Kier molecular flexibility index (Phi) is 3.81. The molecule has 18 heavy (non-hydrogen) atoms. The van der Waals surface area contributed by atoms with Gasteiger partial charge in [-0.25, -0.2) is 4.99 Å². The van der Waals surface area contributed by atoms with Crippen LogP contribution in [0, 0.1) is 0 Å². The third-order valence-corrected chi connectivity index (χ3v) is 3.96. The van der Waals surface area contributed by atoms with Gasteiger partial charge in [-0.05, 0) is 32.1 Å². The van der Waals surface area contributed by atoms with Gasteiger partial charge in [0.15, 0.2) is 0 Å². The number of benzene rings is 1. The molecule has 0 saturated carbocycles. The first-order valence-electron chi connectivity index (χ1n) is 6.17. The molecule has 0 aromatic heterocycles. The molecule has 0 amide bonds. The molecule has 1 heterocycles. The minimum absolute atomic E-state index is 0.210. The second-order valence-electron chi connectivity index (χ2n) is 5.35. The average Bonchev–Trinajstić information content (AvgIpc) is 2.28. The lowest BCUT2D eigenvalue weighted by Gasteiger charge is -2.32. The van der Waals surface area contributed by atoms with Gasteiger partial charge in [0.1, 0.15) is 0 Å². The zero-order valence-electron chi connectivity index (χ0n) is 11.5. The van der Waals surface area contributed by atoms with Crippen LogP contribution in [0.1, 0.15) is 20.3 Å². The standard InChI is InChI=1S/C15H20N2S/c1-15(2)11-13(17(3)4)10-14(18-15)16-12-8-6-5-7-9-12/h5-10H,11H2,1-4H3. The van der Waals surface area contributed by atoms with E-state index in [9.17, 15) is 0 Å². The van der Waals surface area contributed by atoms with E-state index < -0.39 is 0 Å². The summed E-state index contributed by atoms with van der Waals surface area (Å²) < 4.78 is 0.210. The second-order valence-corrected chi connectivity index (χ2v) is 7.08. The third-order valence-electron chi connectivity index (χ3n) is 2.85. The molecule has 0 N–H and O–H groups in total. The van der Waals surface area contributed by atoms with Gasteiger partial charge in [-0.3, -0.25) is 0 Å². The second kappa shape index (κ2) is 5.19. The Morgan fingerprint density at radius 3 is 2.44 bits per heavy atom. The fourth-order valence-electron chi connectivity index (χ4n) is 1.95. The molecule has 0 spiro atoms. The highest BCUT2D eigenvalue weighted by Gasteiger charge is 2.28. The number of allylic oxidation sites excluding steroid dienone is 1. The lowest BCUT2D eigenvalue weighted by Crippen LogP contribution is -2.27. The molecule has 1 aromatic rings. The van der Waals surface area contributed by atoms with Crippen LogP contribution in [0.15, 0.2) is 47.1 Å². The van der Waals surface area contributed by atoms with Gasteiger partial charge < -0.3 is 4.90 Å². The van der Waals surface area contributed by atoms with Crippen molar-refractivity contribution in [2.45, 2.75) is 25.0 Å². The Morgan fingerprint density at radius 2 is 1.83 bits per heavy atom. The molecule has 0 saturated heterocycles. The van der Waals surface area contributed by atoms with Gasteiger partial charge in [0.25, 0.3) is 0 Å². The maximum Gasteiger partial charge on any atom is 0.0989 e. The number of para-hydroxylation sites is 1. The molecular formula is C15H20N2S. The Morgan fingerprint density at radius 1 is 1.17 bits per heavy atom. The van der Waals surface area contributed by atoms with Crippen LogP contribution in [0.5, 0.6) is 0 Å². The summed E-state index contributed by atoms with van der Waals surface area (Å²) in [5.74, 6) is 0. The number of hydrogen-bond donors (Lipinski definition) is 0. The van der Waals surface area contributed by atoms with Crippen molar-refractivity contribution in [3.63, 3.8) is 0 Å². The number of aliphatic imine (C=N–C) groups is 1. The summed E-state index contributed by atoms with van der Waals surface area (Å²) in [6.07, 6.45) is 3.28. The van der Waals surface area contributed by atoms with E-state index in [4.69, 9.17) is 4.99 Å². The van der Waals surface area contributed by atoms with Gasteiger partial charge in [-0.15, -0.1) is 0 Å². The maximum absolute atomic E-state index is 4.72. The number of thioether (sulfide) groups is 1. The number of nitrogens with zero attached hydrogens (tertiary/aromatic N) is 2. The zero-order valence-corrected chi connectivity index (χ0v) is 12.3. The molecule has 0 aliphatic carbocycles. The molecule has 0 radical (unpaired) electrons. The van der Waals surface area contributed by atoms with Gasteiger partial charge in [0.2, 0.25) is 0 Å². The molecule has 2 nitrogen and oxygen atoms in total. The van der Waals surface area contributed by atoms with Gasteiger partial charge >= 0.3 is 0 Å². The van der Waals surface area contributed by atoms with Gasteiger partial charge in [-0.2, -0.15) is 0 Å². The highest BCUT2D eigenvalue weighted by atomic mass is 32.2. The van der Waals surface area contributed by atoms with Crippen LogP contribution in [0.2, 0.25) is 0 Å². The SMILES string of the molecule is CN(C)C1=CC(=Nc2ccccc2)SC(C)(C)C1. The van der Waals surface area contributed by atoms with Crippen molar-refractivity contribution >= 4 is 22.5 Å². The van der Waals surface area contributed by atoms with Crippen LogP contribution in [0.4, 0.5) is 5.69 Å². The van der Waals surface area contributed by atoms with Crippen LogP contribution in [0.25, 0.3) is 0 Å². The summed E-state index contributed by atoms with van der Waals surface area (Å²) in [4.78, 5) is 6.91. The summed E-state index contributed by atoms with van der Waals surface area (Å²) in [6, 6.07) is 10.1. The summed E-state index contributed by atoms with van der Waals surface area (Å²) in [6.45, 7) is 4.54. The van der Waals surface area contributed by atoms with Crippen molar-refractivity contribution in [2.24, 2.45) is 4.99 Å². The van der Waals surface area contributed by atoms with E-state index in [2.05, 4.69) is 38.9 Å². The summed E-state index contributed by atoms with van der Waals surface area (Å²) >= 11 is 1.85. The number of rotatable bonds is 2. The van der Waals surface area contributed by atoms with E-state index >= 15 is 0 Å². The van der Waals surface area contributed by atoms with Crippen molar-refractivity contribution in [3.05, 3.63) is 42.1 Å². The van der Waals surface area contributed by atoms with Crippen molar-refractivity contribution in [2.75, 3.05) is 14.1 Å². The van der Waals surface area contributed by atoms with Crippen LogP contribution in [0.3, 0.4) is 0 Å². The highest BCUT2D eigenvalue weighted by Crippen LogP contribution is 2.38. The predicted octanol–water partition coefficient (Wildman–Crippen LogP) is 4.08. The van der Waals surface area contributed by atoms with Crippen LogP contribution in [-0.4, -0.2) is 28.8 Å². The quantitative estimate of drug-likeness (QED) is 0.796. The molecule has 2 rings (SSSR count). The monoisotopic (exact) mass is 260 g/mol. The highest BCUT2D eigenvalue weighted by molar-refractivity contribution is 8.15. The molecule has 0 atom stereocenters. The minimum Gasteiger partial charge on any atom is -0.381 e. The third kappa shape index (κ3) is 3.39. The molecule has 3 heteroatoms. The van der Waals surface area contributed by atoms with Crippen molar-refractivity contribution in [3.8, 4) is 0 Å². The summed E-state index contributed by atoms with van der Waals surface area (Å²) in [7, 11) is 4.19. The van der Waals surface area contributed by atoms with Crippen molar-refractivity contribution < 1.29 is 0 Å².